The lowest BCUT2D eigenvalue weighted by atomic mass is 10.1. The molecule has 6 nitrogen and oxygen atoms in total. The minimum Gasteiger partial charge on any atom is -0.497 e. The van der Waals surface area contributed by atoms with Crippen LogP contribution in [-0.2, 0) is 4.79 Å². The van der Waals surface area contributed by atoms with Gasteiger partial charge in [0.25, 0.3) is 5.91 Å². The number of methoxy groups -OCH3 is 1. The third-order valence-electron chi connectivity index (χ3n) is 4.62. The summed E-state index contributed by atoms with van der Waals surface area (Å²) in [4.78, 5) is 15.5. The zero-order chi connectivity index (χ0) is 20.8. The number of carbonyl (C=O) groups excluding carboxylic acids is 1. The number of nitrogens with zero attached hydrogens (tertiary/aromatic N) is 1. The Morgan fingerprint density at radius 2 is 1.67 bits per heavy atom. The third-order valence-corrected chi connectivity index (χ3v) is 4.62. The van der Waals surface area contributed by atoms with Crippen molar-refractivity contribution in [3.63, 3.8) is 0 Å². The van der Waals surface area contributed by atoms with Crippen molar-refractivity contribution in [3.05, 3.63) is 84.4 Å². The molecule has 1 aromatic heterocycles. The van der Waals surface area contributed by atoms with Crippen LogP contribution in [0.5, 0.6) is 11.5 Å². The summed E-state index contributed by atoms with van der Waals surface area (Å²) in [7, 11) is 1.60. The monoisotopic (exact) mass is 399 g/mol. The Kier molecular flexibility index (Phi) is 5.75. The van der Waals surface area contributed by atoms with Crippen molar-refractivity contribution in [3.8, 4) is 22.8 Å². The number of hydrogen-bond acceptors (Lipinski definition) is 4. The van der Waals surface area contributed by atoms with Crippen LogP contribution in [0.3, 0.4) is 0 Å². The van der Waals surface area contributed by atoms with Gasteiger partial charge in [-0.15, -0.1) is 0 Å². The van der Waals surface area contributed by atoms with Crippen molar-refractivity contribution >= 4 is 23.0 Å². The second-order valence-corrected chi connectivity index (χ2v) is 6.58. The first-order valence-corrected chi connectivity index (χ1v) is 9.49. The summed E-state index contributed by atoms with van der Waals surface area (Å²) in [5.41, 5.74) is 6.43. The number of benzene rings is 3. The molecule has 0 saturated carbocycles. The smallest absolute Gasteiger partial charge is 0.277 e. The molecule has 0 spiro atoms. The van der Waals surface area contributed by atoms with Crippen LogP contribution < -0.4 is 14.9 Å². The first-order valence-electron chi connectivity index (χ1n) is 9.49. The van der Waals surface area contributed by atoms with Gasteiger partial charge in [-0.2, -0.15) is 5.10 Å². The fraction of sp³-hybridized carbons (Fsp3) is 0.0833. The summed E-state index contributed by atoms with van der Waals surface area (Å²) in [5.74, 6) is 0.963. The van der Waals surface area contributed by atoms with Crippen molar-refractivity contribution in [2.24, 2.45) is 5.10 Å². The molecular formula is C24H21N3O3. The molecule has 0 unspecified atom stereocenters. The van der Waals surface area contributed by atoms with Gasteiger partial charge in [-0.3, -0.25) is 4.79 Å². The van der Waals surface area contributed by atoms with Crippen LogP contribution in [0.1, 0.15) is 5.56 Å². The van der Waals surface area contributed by atoms with Crippen molar-refractivity contribution < 1.29 is 14.3 Å². The highest BCUT2D eigenvalue weighted by Crippen LogP contribution is 2.28. The molecule has 150 valence electrons. The molecule has 0 aliphatic rings. The van der Waals surface area contributed by atoms with E-state index in [1.54, 1.807) is 37.6 Å². The van der Waals surface area contributed by atoms with Crippen LogP contribution in [0.15, 0.2) is 84.0 Å². The van der Waals surface area contributed by atoms with E-state index in [2.05, 4.69) is 15.5 Å². The summed E-state index contributed by atoms with van der Waals surface area (Å²) in [6.07, 6.45) is 1.66. The minimum atomic E-state index is -0.344. The molecule has 1 heterocycles. The average molecular weight is 399 g/mol. The molecule has 30 heavy (non-hydrogen) atoms. The molecule has 4 aromatic rings. The Labute approximate surface area is 174 Å². The number of carbonyl (C=O) groups is 1. The molecule has 6 heteroatoms. The van der Waals surface area contributed by atoms with Gasteiger partial charge < -0.3 is 14.5 Å². The standard InChI is InChI=1S/C24H21N3O3/c1-29-18-11-13-19(14-12-18)30-16-23(28)27-25-15-21-20-9-5-6-10-22(20)26-24(21)17-7-3-2-4-8-17/h2-15,26H,16H2,1H3,(H,27,28)/b25-15+. The van der Waals surface area contributed by atoms with Gasteiger partial charge in [0.05, 0.1) is 19.0 Å². The van der Waals surface area contributed by atoms with Crippen LogP contribution in [-0.4, -0.2) is 30.8 Å². The maximum atomic E-state index is 12.1. The number of H-pyrrole nitrogens is 1. The average Bonchev–Trinajstić information content (AvgIpc) is 3.17. The first-order chi connectivity index (χ1) is 14.7. The normalized spacial score (nSPS) is 11.0. The van der Waals surface area contributed by atoms with Gasteiger partial charge in [0.15, 0.2) is 6.61 Å². The highest BCUT2D eigenvalue weighted by Gasteiger charge is 2.11. The molecule has 0 atom stereocenters. The number of aromatic amines is 1. The van der Waals surface area contributed by atoms with E-state index >= 15 is 0 Å². The Bertz CT molecular complexity index is 1170. The Hall–Kier alpha value is -4.06. The van der Waals surface area contributed by atoms with Gasteiger partial charge in [-0.05, 0) is 35.9 Å². The van der Waals surface area contributed by atoms with Crippen LogP contribution in [0, 0.1) is 0 Å². The highest BCUT2D eigenvalue weighted by molar-refractivity contribution is 6.06. The Balaban J connectivity index is 1.46. The molecule has 0 fully saturated rings. The summed E-state index contributed by atoms with van der Waals surface area (Å²) in [6.45, 7) is -0.136. The number of hydrogen-bond donors (Lipinski definition) is 2. The Morgan fingerprint density at radius 3 is 2.43 bits per heavy atom. The lowest BCUT2D eigenvalue weighted by molar-refractivity contribution is -0.123. The zero-order valence-electron chi connectivity index (χ0n) is 16.5. The fourth-order valence-electron chi connectivity index (χ4n) is 3.15. The second-order valence-electron chi connectivity index (χ2n) is 6.58. The minimum absolute atomic E-state index is 0.136. The topological polar surface area (TPSA) is 75.7 Å². The number of amides is 1. The molecule has 3 aromatic carbocycles. The largest absolute Gasteiger partial charge is 0.497 e. The van der Waals surface area contributed by atoms with Crippen LogP contribution in [0.2, 0.25) is 0 Å². The number of ether oxygens (including phenoxy) is 2. The Morgan fingerprint density at radius 1 is 0.967 bits per heavy atom. The van der Waals surface area contributed by atoms with Gasteiger partial charge >= 0.3 is 0 Å². The van der Waals surface area contributed by atoms with Gasteiger partial charge in [-0.25, -0.2) is 5.43 Å². The first kappa shape index (κ1) is 19.3. The number of aromatic nitrogens is 1. The molecule has 0 aliphatic heterocycles. The molecule has 0 radical (unpaired) electrons. The fourth-order valence-corrected chi connectivity index (χ4v) is 3.15. The van der Waals surface area contributed by atoms with E-state index in [9.17, 15) is 4.79 Å². The van der Waals surface area contributed by atoms with Crippen molar-refractivity contribution in [2.75, 3.05) is 13.7 Å². The molecule has 0 aliphatic carbocycles. The summed E-state index contributed by atoms with van der Waals surface area (Å²) in [6, 6.07) is 25.0. The van der Waals surface area contributed by atoms with E-state index in [-0.39, 0.29) is 12.5 Å². The van der Waals surface area contributed by atoms with Gasteiger partial charge in [0.1, 0.15) is 11.5 Å². The quantitative estimate of drug-likeness (QED) is 0.358. The molecule has 4 rings (SSSR count). The summed E-state index contributed by atoms with van der Waals surface area (Å²) >= 11 is 0. The number of fused-ring (bicyclic) bond motifs is 1. The molecule has 2 N–H and O–H groups in total. The lowest BCUT2D eigenvalue weighted by Gasteiger charge is -2.06. The van der Waals surface area contributed by atoms with E-state index < -0.39 is 0 Å². The van der Waals surface area contributed by atoms with Gasteiger partial charge in [-0.1, -0.05) is 48.5 Å². The maximum Gasteiger partial charge on any atom is 0.277 e. The van der Waals surface area contributed by atoms with Crippen molar-refractivity contribution in [1.29, 1.82) is 0 Å². The van der Waals surface area contributed by atoms with Crippen LogP contribution in [0.4, 0.5) is 0 Å². The number of hydrazone groups is 1. The van der Waals surface area contributed by atoms with Gasteiger partial charge in [0, 0.05) is 16.5 Å². The molecule has 1 amide bonds. The van der Waals surface area contributed by atoms with E-state index in [1.165, 1.54) is 0 Å². The van der Waals surface area contributed by atoms with E-state index in [0.29, 0.717) is 5.75 Å². The lowest BCUT2D eigenvalue weighted by Crippen LogP contribution is -2.24. The predicted molar refractivity (Wildman–Crippen MR) is 118 cm³/mol. The summed E-state index contributed by atoms with van der Waals surface area (Å²) < 4.78 is 10.6. The second kappa shape index (κ2) is 8.96. The zero-order valence-corrected chi connectivity index (χ0v) is 16.5. The maximum absolute atomic E-state index is 12.1. The number of rotatable bonds is 7. The molecular weight excluding hydrogens is 378 g/mol. The highest BCUT2D eigenvalue weighted by atomic mass is 16.5. The van der Waals surface area contributed by atoms with Crippen molar-refractivity contribution in [2.45, 2.75) is 0 Å². The van der Waals surface area contributed by atoms with E-state index in [1.807, 2.05) is 54.6 Å². The van der Waals surface area contributed by atoms with Crippen molar-refractivity contribution in [1.82, 2.24) is 10.4 Å². The summed E-state index contributed by atoms with van der Waals surface area (Å²) in [5, 5.41) is 5.18. The molecule has 0 saturated heterocycles. The van der Waals surface area contributed by atoms with E-state index in [0.717, 1.165) is 33.5 Å². The predicted octanol–water partition coefficient (Wildman–Crippen LogP) is 4.37. The molecule has 0 bridgehead atoms. The van der Waals surface area contributed by atoms with Crippen LogP contribution >= 0.6 is 0 Å². The number of para-hydroxylation sites is 1. The third kappa shape index (κ3) is 4.33. The number of nitrogens with one attached hydrogen (secondary N) is 2. The van der Waals surface area contributed by atoms with Crippen LogP contribution in [0.25, 0.3) is 22.2 Å². The van der Waals surface area contributed by atoms with E-state index in [4.69, 9.17) is 9.47 Å². The van der Waals surface area contributed by atoms with Gasteiger partial charge in [0.2, 0.25) is 0 Å². The SMILES string of the molecule is COc1ccc(OCC(=O)N/N=C/c2c(-c3ccccc3)[nH]c3ccccc23)cc1.